The number of rotatable bonds is 12. The van der Waals surface area contributed by atoms with Gasteiger partial charge in [0, 0.05) is 25.2 Å². The summed E-state index contributed by atoms with van der Waals surface area (Å²) >= 11 is 0. The van der Waals surface area contributed by atoms with E-state index in [9.17, 15) is 19.8 Å². The fourth-order valence-corrected chi connectivity index (χ4v) is 5.34. The van der Waals surface area contributed by atoms with Gasteiger partial charge in [-0.15, -0.1) is 0 Å². The van der Waals surface area contributed by atoms with Crippen LogP contribution in [0.5, 0.6) is 11.5 Å². The number of aromatic hydroxyl groups is 2. The molecule has 1 saturated heterocycles. The van der Waals surface area contributed by atoms with E-state index in [1.807, 2.05) is 13.8 Å². The molecule has 1 heterocycles. The van der Waals surface area contributed by atoms with Gasteiger partial charge in [-0.3, -0.25) is 9.59 Å². The molecule has 1 aliphatic carbocycles. The number of nitrogens with one attached hydrogen (secondary N) is 2. The Morgan fingerprint density at radius 2 is 1.68 bits per heavy atom. The standard InChI is InChI=1S/C29H47N3O5/c1-19(2)16-25(29(36)37-22-8-5-6-9-22)31-13-7-12-30-21-10-14-32(15-11-21)28(35)24-17-23(20(3)4)26(33)18-27(24)34/h17-22,25,30-31,33-34H,5-16H2,1-4H3/t25-/m0/s1. The second-order valence-corrected chi connectivity index (χ2v) is 11.4. The lowest BCUT2D eigenvalue weighted by molar-refractivity contribution is -0.151. The zero-order chi connectivity index (χ0) is 26.9. The van der Waals surface area contributed by atoms with Crippen molar-refractivity contribution in [2.45, 2.75) is 103 Å². The van der Waals surface area contributed by atoms with Gasteiger partial charge in [-0.1, -0.05) is 27.7 Å². The third kappa shape index (κ3) is 8.60. The van der Waals surface area contributed by atoms with Crippen LogP contribution < -0.4 is 10.6 Å². The van der Waals surface area contributed by atoms with Crippen LogP contribution in [0.1, 0.15) is 101 Å². The Hall–Kier alpha value is -2.32. The molecule has 0 radical (unpaired) electrons. The molecule has 8 nitrogen and oxygen atoms in total. The molecule has 4 N–H and O–H groups in total. The van der Waals surface area contributed by atoms with Crippen LogP contribution in [0, 0.1) is 5.92 Å². The molecular weight excluding hydrogens is 470 g/mol. The molecule has 0 bridgehead atoms. The van der Waals surface area contributed by atoms with Crippen LogP contribution in [0.3, 0.4) is 0 Å². The minimum Gasteiger partial charge on any atom is -0.508 e. The van der Waals surface area contributed by atoms with Gasteiger partial charge in [0.15, 0.2) is 0 Å². The molecule has 1 aromatic rings. The number of piperidine rings is 1. The second kappa shape index (κ2) is 14.0. The number of likely N-dealkylation sites (tertiary alicyclic amines) is 1. The lowest BCUT2D eigenvalue weighted by Gasteiger charge is -2.33. The number of nitrogens with zero attached hydrogens (tertiary/aromatic N) is 1. The van der Waals surface area contributed by atoms with E-state index >= 15 is 0 Å². The van der Waals surface area contributed by atoms with E-state index in [2.05, 4.69) is 24.5 Å². The van der Waals surface area contributed by atoms with Crippen LogP contribution in [0.15, 0.2) is 12.1 Å². The van der Waals surface area contributed by atoms with E-state index < -0.39 is 0 Å². The number of carbonyl (C=O) groups excluding carboxylic acids is 2. The minimum absolute atomic E-state index is 0.0164. The second-order valence-electron chi connectivity index (χ2n) is 11.4. The summed E-state index contributed by atoms with van der Waals surface area (Å²) in [6.07, 6.45) is 7.75. The van der Waals surface area contributed by atoms with Crippen molar-refractivity contribution in [3.8, 4) is 11.5 Å². The van der Waals surface area contributed by atoms with Crippen LogP contribution in [-0.2, 0) is 9.53 Å². The van der Waals surface area contributed by atoms with Crippen LogP contribution in [-0.4, -0.2) is 71.4 Å². The van der Waals surface area contributed by atoms with E-state index in [1.165, 1.54) is 6.07 Å². The Bertz CT molecular complexity index is 890. The average molecular weight is 518 g/mol. The van der Waals surface area contributed by atoms with Gasteiger partial charge in [0.1, 0.15) is 23.6 Å². The van der Waals surface area contributed by atoms with Crippen molar-refractivity contribution in [1.29, 1.82) is 0 Å². The number of carbonyl (C=O) groups is 2. The largest absolute Gasteiger partial charge is 0.508 e. The Morgan fingerprint density at radius 1 is 1.00 bits per heavy atom. The summed E-state index contributed by atoms with van der Waals surface area (Å²) in [6.45, 7) is 11.0. The average Bonchev–Trinajstić information content (AvgIpc) is 3.35. The van der Waals surface area contributed by atoms with E-state index in [0.717, 1.165) is 64.5 Å². The zero-order valence-corrected chi connectivity index (χ0v) is 23.1. The first-order chi connectivity index (χ1) is 17.7. The third-order valence-electron chi connectivity index (χ3n) is 7.53. The van der Waals surface area contributed by atoms with Gasteiger partial charge in [-0.25, -0.2) is 0 Å². The molecule has 1 atom stereocenters. The summed E-state index contributed by atoms with van der Waals surface area (Å²) in [5.74, 6) is 0.00834. The number of benzene rings is 1. The van der Waals surface area contributed by atoms with Crippen molar-refractivity contribution in [3.05, 3.63) is 23.3 Å². The van der Waals surface area contributed by atoms with Crippen LogP contribution >= 0.6 is 0 Å². The normalized spacial score (nSPS) is 18.1. The van der Waals surface area contributed by atoms with Crippen molar-refractivity contribution in [1.82, 2.24) is 15.5 Å². The molecule has 208 valence electrons. The van der Waals surface area contributed by atoms with Crippen molar-refractivity contribution in [2.24, 2.45) is 5.92 Å². The maximum absolute atomic E-state index is 13.0. The molecule has 0 unspecified atom stereocenters. The molecule has 0 spiro atoms. The smallest absolute Gasteiger partial charge is 0.323 e. The van der Waals surface area contributed by atoms with Gasteiger partial charge in [0.2, 0.25) is 0 Å². The topological polar surface area (TPSA) is 111 Å². The summed E-state index contributed by atoms with van der Waals surface area (Å²) < 4.78 is 5.74. The lowest BCUT2D eigenvalue weighted by atomic mass is 9.97. The monoisotopic (exact) mass is 517 g/mol. The molecule has 37 heavy (non-hydrogen) atoms. The highest BCUT2D eigenvalue weighted by atomic mass is 16.5. The maximum Gasteiger partial charge on any atom is 0.323 e. The van der Waals surface area contributed by atoms with Gasteiger partial charge in [-0.2, -0.15) is 0 Å². The van der Waals surface area contributed by atoms with Gasteiger partial charge in [0.25, 0.3) is 5.91 Å². The molecule has 1 amide bonds. The fraction of sp³-hybridized carbons (Fsp3) is 0.724. The van der Waals surface area contributed by atoms with Gasteiger partial charge in [-0.05, 0) is 87.9 Å². The van der Waals surface area contributed by atoms with Crippen LogP contribution in [0.25, 0.3) is 0 Å². The number of esters is 1. The zero-order valence-electron chi connectivity index (χ0n) is 23.1. The molecule has 0 aromatic heterocycles. The fourth-order valence-electron chi connectivity index (χ4n) is 5.34. The van der Waals surface area contributed by atoms with Crippen molar-refractivity contribution in [2.75, 3.05) is 26.2 Å². The summed E-state index contributed by atoms with van der Waals surface area (Å²) in [5, 5.41) is 27.3. The van der Waals surface area contributed by atoms with Crippen molar-refractivity contribution < 1.29 is 24.5 Å². The van der Waals surface area contributed by atoms with Crippen LogP contribution in [0.4, 0.5) is 0 Å². The molecule has 2 fully saturated rings. The number of phenols is 2. The Labute approximate surface area is 222 Å². The first-order valence-electron chi connectivity index (χ1n) is 14.2. The first-order valence-corrected chi connectivity index (χ1v) is 14.2. The number of ether oxygens (including phenoxy) is 1. The summed E-state index contributed by atoms with van der Waals surface area (Å²) in [4.78, 5) is 27.5. The highest BCUT2D eigenvalue weighted by Gasteiger charge is 2.27. The highest BCUT2D eigenvalue weighted by Crippen LogP contribution is 2.33. The summed E-state index contributed by atoms with van der Waals surface area (Å²) in [7, 11) is 0. The van der Waals surface area contributed by atoms with Gasteiger partial charge >= 0.3 is 5.97 Å². The molecular formula is C29H47N3O5. The molecule has 3 rings (SSSR count). The van der Waals surface area contributed by atoms with E-state index in [1.54, 1.807) is 11.0 Å². The number of phenolic OH excluding ortho intramolecular Hbond substituents is 2. The molecule has 1 saturated carbocycles. The quantitative estimate of drug-likeness (QED) is 0.242. The van der Waals surface area contributed by atoms with Crippen molar-refractivity contribution in [3.63, 3.8) is 0 Å². The van der Waals surface area contributed by atoms with Gasteiger partial charge < -0.3 is 30.5 Å². The third-order valence-corrected chi connectivity index (χ3v) is 7.53. The number of hydrogen-bond donors (Lipinski definition) is 4. The Morgan fingerprint density at radius 3 is 2.30 bits per heavy atom. The molecule has 1 aromatic carbocycles. The highest BCUT2D eigenvalue weighted by molar-refractivity contribution is 5.97. The minimum atomic E-state index is -0.248. The Kier molecular flexibility index (Phi) is 11.1. The van der Waals surface area contributed by atoms with E-state index in [-0.39, 0.29) is 47.0 Å². The number of amides is 1. The predicted molar refractivity (Wildman–Crippen MR) is 145 cm³/mol. The molecule has 1 aliphatic heterocycles. The molecule has 8 heteroatoms. The molecule has 2 aliphatic rings. The SMILES string of the molecule is CC(C)C[C@H](NCCCNC1CCN(C(=O)c2cc(C(C)C)c(O)cc2O)CC1)C(=O)OC1CCCC1. The predicted octanol–water partition coefficient (Wildman–Crippen LogP) is 4.30. The van der Waals surface area contributed by atoms with Crippen LogP contribution in [0.2, 0.25) is 0 Å². The first kappa shape index (κ1) is 29.2. The van der Waals surface area contributed by atoms with E-state index in [4.69, 9.17) is 4.74 Å². The van der Waals surface area contributed by atoms with Crippen molar-refractivity contribution >= 4 is 11.9 Å². The Balaban J connectivity index is 1.38. The maximum atomic E-state index is 13.0. The number of hydrogen-bond acceptors (Lipinski definition) is 7. The lowest BCUT2D eigenvalue weighted by Crippen LogP contribution is -2.45. The summed E-state index contributed by atoms with van der Waals surface area (Å²) in [6, 6.07) is 2.97. The van der Waals surface area contributed by atoms with E-state index in [0.29, 0.717) is 30.6 Å². The summed E-state index contributed by atoms with van der Waals surface area (Å²) in [5.41, 5.74) is 0.912. The van der Waals surface area contributed by atoms with Gasteiger partial charge in [0.05, 0.1) is 5.56 Å².